The van der Waals surface area contributed by atoms with Crippen LogP contribution in [0, 0.1) is 0 Å². The fourth-order valence-electron chi connectivity index (χ4n) is 1.43. The van der Waals surface area contributed by atoms with E-state index in [1.165, 1.54) is 0 Å². The Morgan fingerprint density at radius 3 is 3.12 bits per heavy atom. The Kier molecular flexibility index (Phi) is 5.77. The van der Waals surface area contributed by atoms with Crippen molar-refractivity contribution in [3.05, 3.63) is 24.5 Å². The number of aliphatic hydroxyl groups is 1. The Labute approximate surface area is 95.7 Å². The van der Waals surface area contributed by atoms with Gasteiger partial charge in [-0.1, -0.05) is 6.58 Å². The molecule has 0 radical (unpaired) electrons. The Balaban J connectivity index is 2.38. The standard InChI is InChI=1S/C11H19N3O2/c1-3-14-8-10(7-13-14)6-12-11(4-5-15)9-16-2/h3,7-8,11-12,15H,1,4-6,9H2,2H3. The van der Waals surface area contributed by atoms with Crippen LogP contribution in [0.5, 0.6) is 0 Å². The van der Waals surface area contributed by atoms with Gasteiger partial charge in [0.15, 0.2) is 0 Å². The summed E-state index contributed by atoms with van der Waals surface area (Å²) < 4.78 is 6.72. The minimum absolute atomic E-state index is 0.160. The molecule has 2 N–H and O–H groups in total. The van der Waals surface area contributed by atoms with Crippen LogP contribution < -0.4 is 5.32 Å². The number of nitrogens with zero attached hydrogens (tertiary/aromatic N) is 2. The molecule has 1 unspecified atom stereocenters. The molecule has 0 saturated heterocycles. The molecule has 0 aliphatic rings. The van der Waals surface area contributed by atoms with Crippen LogP contribution in [0.2, 0.25) is 0 Å². The van der Waals surface area contributed by atoms with Crippen LogP contribution in [0.25, 0.3) is 6.20 Å². The van der Waals surface area contributed by atoms with E-state index in [1.54, 1.807) is 24.2 Å². The first-order chi connectivity index (χ1) is 7.80. The van der Waals surface area contributed by atoms with Gasteiger partial charge >= 0.3 is 0 Å². The highest BCUT2D eigenvalue weighted by Crippen LogP contribution is 2.00. The van der Waals surface area contributed by atoms with Crippen molar-refractivity contribution in [3.63, 3.8) is 0 Å². The van der Waals surface area contributed by atoms with Crippen LogP contribution in [0.3, 0.4) is 0 Å². The maximum Gasteiger partial charge on any atom is 0.0616 e. The zero-order valence-corrected chi connectivity index (χ0v) is 9.59. The number of aromatic nitrogens is 2. The second-order valence-electron chi connectivity index (χ2n) is 3.56. The lowest BCUT2D eigenvalue weighted by atomic mass is 10.2. The van der Waals surface area contributed by atoms with Crippen LogP contribution in [-0.4, -0.2) is 41.3 Å². The van der Waals surface area contributed by atoms with E-state index in [2.05, 4.69) is 17.0 Å². The SMILES string of the molecule is C=Cn1cc(CNC(CCO)COC)cn1. The summed E-state index contributed by atoms with van der Waals surface area (Å²) >= 11 is 0. The summed E-state index contributed by atoms with van der Waals surface area (Å²) in [5, 5.41) is 16.3. The highest BCUT2D eigenvalue weighted by Gasteiger charge is 2.07. The number of hydrogen-bond donors (Lipinski definition) is 2. The van der Waals surface area contributed by atoms with Crippen LogP contribution in [0.1, 0.15) is 12.0 Å². The first-order valence-electron chi connectivity index (χ1n) is 5.29. The van der Waals surface area contributed by atoms with Gasteiger partial charge in [-0.15, -0.1) is 0 Å². The minimum Gasteiger partial charge on any atom is -0.396 e. The summed E-state index contributed by atoms with van der Waals surface area (Å²) in [6.45, 7) is 5.09. The van der Waals surface area contributed by atoms with E-state index in [4.69, 9.17) is 9.84 Å². The summed E-state index contributed by atoms with van der Waals surface area (Å²) in [4.78, 5) is 0. The molecule has 16 heavy (non-hydrogen) atoms. The highest BCUT2D eigenvalue weighted by molar-refractivity contribution is 5.17. The Bertz CT molecular complexity index is 306. The van der Waals surface area contributed by atoms with Crippen molar-refractivity contribution in [1.29, 1.82) is 0 Å². The van der Waals surface area contributed by atoms with Gasteiger partial charge in [0.25, 0.3) is 0 Å². The summed E-state index contributed by atoms with van der Waals surface area (Å²) in [7, 11) is 1.65. The molecule has 0 saturated carbocycles. The summed E-state index contributed by atoms with van der Waals surface area (Å²) in [6, 6.07) is 0.169. The van der Waals surface area contributed by atoms with E-state index in [9.17, 15) is 0 Å². The smallest absolute Gasteiger partial charge is 0.0616 e. The van der Waals surface area contributed by atoms with Gasteiger partial charge in [-0.05, 0) is 6.42 Å². The topological polar surface area (TPSA) is 59.3 Å². The third-order valence-electron chi connectivity index (χ3n) is 2.28. The monoisotopic (exact) mass is 225 g/mol. The van der Waals surface area contributed by atoms with Gasteiger partial charge < -0.3 is 15.2 Å². The molecule has 0 aliphatic heterocycles. The van der Waals surface area contributed by atoms with Gasteiger partial charge in [-0.25, -0.2) is 4.68 Å². The number of rotatable bonds is 8. The molecule has 1 rings (SSSR count). The molecule has 0 amide bonds. The number of aliphatic hydroxyl groups excluding tert-OH is 1. The maximum absolute atomic E-state index is 8.88. The van der Waals surface area contributed by atoms with Crippen LogP contribution in [0.15, 0.2) is 19.0 Å². The minimum atomic E-state index is 0.160. The fraction of sp³-hybridized carbons (Fsp3) is 0.545. The van der Waals surface area contributed by atoms with Gasteiger partial charge in [-0.3, -0.25) is 0 Å². The van der Waals surface area contributed by atoms with E-state index in [0.717, 1.165) is 5.56 Å². The van der Waals surface area contributed by atoms with Crippen LogP contribution in [0.4, 0.5) is 0 Å². The molecule has 0 fully saturated rings. The molecule has 1 atom stereocenters. The first kappa shape index (κ1) is 12.9. The summed E-state index contributed by atoms with van der Waals surface area (Å²) in [5.41, 5.74) is 1.08. The van der Waals surface area contributed by atoms with Gasteiger partial charge in [0.05, 0.1) is 12.8 Å². The quantitative estimate of drug-likeness (QED) is 0.675. The van der Waals surface area contributed by atoms with E-state index < -0.39 is 0 Å². The molecule has 0 aliphatic carbocycles. The predicted octanol–water partition coefficient (Wildman–Crippen LogP) is 0.471. The summed E-state index contributed by atoms with van der Waals surface area (Å²) in [5.74, 6) is 0. The molecule has 5 nitrogen and oxygen atoms in total. The Hall–Kier alpha value is -1.17. The Morgan fingerprint density at radius 1 is 1.75 bits per heavy atom. The van der Waals surface area contributed by atoms with Crippen LogP contribution in [-0.2, 0) is 11.3 Å². The zero-order chi connectivity index (χ0) is 11.8. The molecule has 0 spiro atoms. The van der Waals surface area contributed by atoms with Crippen molar-refractivity contribution < 1.29 is 9.84 Å². The fourth-order valence-corrected chi connectivity index (χ4v) is 1.43. The molecular weight excluding hydrogens is 206 g/mol. The van der Waals surface area contributed by atoms with E-state index in [1.807, 2.05) is 6.20 Å². The second kappa shape index (κ2) is 7.16. The third kappa shape index (κ3) is 4.14. The maximum atomic E-state index is 8.88. The van der Waals surface area contributed by atoms with Crippen molar-refractivity contribution in [3.8, 4) is 0 Å². The van der Waals surface area contributed by atoms with Crippen LogP contribution >= 0.6 is 0 Å². The summed E-state index contributed by atoms with van der Waals surface area (Å²) in [6.07, 6.45) is 6.02. The predicted molar refractivity (Wildman–Crippen MR) is 62.8 cm³/mol. The van der Waals surface area contributed by atoms with Crippen molar-refractivity contribution in [1.82, 2.24) is 15.1 Å². The second-order valence-corrected chi connectivity index (χ2v) is 3.56. The molecule has 1 heterocycles. The first-order valence-corrected chi connectivity index (χ1v) is 5.29. The number of methoxy groups -OCH3 is 1. The van der Waals surface area contributed by atoms with E-state index in [-0.39, 0.29) is 12.6 Å². The number of hydrogen-bond acceptors (Lipinski definition) is 4. The lowest BCUT2D eigenvalue weighted by Crippen LogP contribution is -2.33. The van der Waals surface area contributed by atoms with Gasteiger partial charge in [-0.2, -0.15) is 5.10 Å². The largest absolute Gasteiger partial charge is 0.396 e. The van der Waals surface area contributed by atoms with Crippen molar-refractivity contribution >= 4 is 6.20 Å². The molecular formula is C11H19N3O2. The molecule has 1 aromatic rings. The normalized spacial score (nSPS) is 12.6. The number of ether oxygens (including phenoxy) is 1. The van der Waals surface area contributed by atoms with Crippen molar-refractivity contribution in [2.75, 3.05) is 20.3 Å². The lowest BCUT2D eigenvalue weighted by molar-refractivity contribution is 0.148. The third-order valence-corrected chi connectivity index (χ3v) is 2.28. The average molecular weight is 225 g/mol. The molecule has 0 bridgehead atoms. The highest BCUT2D eigenvalue weighted by atomic mass is 16.5. The van der Waals surface area contributed by atoms with Gasteiger partial charge in [0.2, 0.25) is 0 Å². The molecule has 1 aromatic heterocycles. The van der Waals surface area contributed by atoms with Gasteiger partial charge in [0, 0.05) is 44.3 Å². The van der Waals surface area contributed by atoms with Gasteiger partial charge in [0.1, 0.15) is 0 Å². The van der Waals surface area contributed by atoms with Crippen molar-refractivity contribution in [2.24, 2.45) is 0 Å². The Morgan fingerprint density at radius 2 is 2.56 bits per heavy atom. The molecule has 5 heteroatoms. The van der Waals surface area contributed by atoms with E-state index in [0.29, 0.717) is 19.6 Å². The molecule has 90 valence electrons. The lowest BCUT2D eigenvalue weighted by Gasteiger charge is -2.15. The molecule has 0 aromatic carbocycles. The van der Waals surface area contributed by atoms with E-state index >= 15 is 0 Å². The zero-order valence-electron chi connectivity index (χ0n) is 9.59. The average Bonchev–Trinajstić information content (AvgIpc) is 2.74. The number of nitrogens with one attached hydrogen (secondary N) is 1. The van der Waals surface area contributed by atoms with Crippen molar-refractivity contribution in [2.45, 2.75) is 19.0 Å².